The highest BCUT2D eigenvalue weighted by Crippen LogP contribution is 2.34. The molecule has 1 saturated heterocycles. The molecule has 23 heavy (non-hydrogen) atoms. The lowest BCUT2D eigenvalue weighted by Crippen LogP contribution is -2.53. The molecule has 2 fully saturated rings. The van der Waals surface area contributed by atoms with E-state index in [-0.39, 0.29) is 23.4 Å². The fourth-order valence-electron chi connectivity index (χ4n) is 3.52. The minimum Gasteiger partial charge on any atom is -0.393 e. The maximum atomic E-state index is 13.0. The van der Waals surface area contributed by atoms with Crippen molar-refractivity contribution in [2.75, 3.05) is 19.8 Å². The summed E-state index contributed by atoms with van der Waals surface area (Å²) < 4.78 is 32.9. The van der Waals surface area contributed by atoms with Gasteiger partial charge >= 0.3 is 0 Å². The molecule has 1 aliphatic heterocycles. The summed E-state index contributed by atoms with van der Waals surface area (Å²) in [4.78, 5) is 0.121. The van der Waals surface area contributed by atoms with E-state index in [1.165, 1.54) is 16.4 Å². The first-order valence-electron chi connectivity index (χ1n) is 7.82. The van der Waals surface area contributed by atoms with Crippen molar-refractivity contribution in [3.8, 4) is 6.07 Å². The van der Waals surface area contributed by atoms with E-state index in [2.05, 4.69) is 0 Å². The van der Waals surface area contributed by atoms with Crippen molar-refractivity contribution in [1.82, 2.24) is 4.31 Å². The smallest absolute Gasteiger partial charge is 0.243 e. The monoisotopic (exact) mass is 336 g/mol. The molecule has 1 heterocycles. The van der Waals surface area contributed by atoms with Crippen LogP contribution in [0.4, 0.5) is 0 Å². The lowest BCUT2D eigenvalue weighted by Gasteiger charge is -2.39. The number of benzene rings is 1. The molecule has 0 bridgehead atoms. The third kappa shape index (κ3) is 3.12. The molecule has 0 aromatic heterocycles. The molecule has 0 spiro atoms. The number of nitrogens with zero attached hydrogens (tertiary/aromatic N) is 2. The van der Waals surface area contributed by atoms with E-state index in [0.29, 0.717) is 25.2 Å². The van der Waals surface area contributed by atoms with Crippen molar-refractivity contribution >= 4 is 10.0 Å². The van der Waals surface area contributed by atoms with Crippen LogP contribution in [0.1, 0.15) is 24.8 Å². The van der Waals surface area contributed by atoms with Gasteiger partial charge < -0.3 is 9.84 Å². The van der Waals surface area contributed by atoms with E-state index in [1.54, 1.807) is 12.1 Å². The van der Waals surface area contributed by atoms with Crippen molar-refractivity contribution in [1.29, 1.82) is 5.26 Å². The van der Waals surface area contributed by atoms with Gasteiger partial charge in [0.2, 0.25) is 10.0 Å². The van der Waals surface area contributed by atoms with E-state index in [1.807, 2.05) is 6.07 Å². The minimum atomic E-state index is -3.71. The van der Waals surface area contributed by atoms with Crippen LogP contribution in [-0.2, 0) is 14.8 Å². The summed E-state index contributed by atoms with van der Waals surface area (Å²) in [6, 6.07) is 7.68. The van der Waals surface area contributed by atoms with Gasteiger partial charge in [-0.05, 0) is 31.0 Å². The Morgan fingerprint density at radius 1 is 1.35 bits per heavy atom. The minimum absolute atomic E-state index is 0.0933. The van der Waals surface area contributed by atoms with Gasteiger partial charge in [0.25, 0.3) is 0 Å². The first-order valence-corrected chi connectivity index (χ1v) is 9.26. The molecule has 1 aromatic carbocycles. The van der Waals surface area contributed by atoms with Gasteiger partial charge in [-0.3, -0.25) is 0 Å². The molecule has 0 unspecified atom stereocenters. The number of sulfonamides is 1. The van der Waals surface area contributed by atoms with Crippen LogP contribution < -0.4 is 0 Å². The zero-order valence-corrected chi connectivity index (χ0v) is 13.6. The Hall–Kier alpha value is -1.46. The quantitative estimate of drug-likeness (QED) is 0.893. The lowest BCUT2D eigenvalue weighted by atomic mass is 9.96. The lowest BCUT2D eigenvalue weighted by molar-refractivity contribution is -0.0148. The summed E-state index contributed by atoms with van der Waals surface area (Å²) in [5.41, 5.74) is 0.316. The number of hydrogen-bond acceptors (Lipinski definition) is 5. The second-order valence-corrected chi connectivity index (χ2v) is 7.95. The molecule has 3 atom stereocenters. The van der Waals surface area contributed by atoms with Gasteiger partial charge in [0.15, 0.2) is 0 Å². The molecule has 0 radical (unpaired) electrons. The predicted molar refractivity (Wildman–Crippen MR) is 83.0 cm³/mol. The Morgan fingerprint density at radius 2 is 2.17 bits per heavy atom. The van der Waals surface area contributed by atoms with Crippen LogP contribution in [0.15, 0.2) is 29.2 Å². The molecule has 3 rings (SSSR count). The van der Waals surface area contributed by atoms with Crippen LogP contribution in [0.2, 0.25) is 0 Å². The Bertz CT molecular complexity index is 713. The molecular weight excluding hydrogens is 316 g/mol. The van der Waals surface area contributed by atoms with Crippen LogP contribution in [0.3, 0.4) is 0 Å². The maximum absolute atomic E-state index is 13.0. The van der Waals surface area contributed by atoms with Gasteiger partial charge in [-0.2, -0.15) is 9.57 Å². The van der Waals surface area contributed by atoms with Gasteiger partial charge in [0, 0.05) is 12.5 Å². The van der Waals surface area contributed by atoms with E-state index < -0.39 is 16.1 Å². The van der Waals surface area contributed by atoms with Gasteiger partial charge in [-0.1, -0.05) is 12.5 Å². The molecule has 1 aromatic rings. The highest BCUT2D eigenvalue weighted by molar-refractivity contribution is 7.89. The summed E-state index contributed by atoms with van der Waals surface area (Å²) in [5, 5.41) is 19.1. The number of aliphatic hydroxyl groups excluding tert-OH is 1. The van der Waals surface area contributed by atoms with Crippen molar-refractivity contribution < 1.29 is 18.3 Å². The molecule has 1 N–H and O–H groups in total. The van der Waals surface area contributed by atoms with Crippen LogP contribution in [0.5, 0.6) is 0 Å². The number of nitriles is 1. The van der Waals surface area contributed by atoms with E-state index in [4.69, 9.17) is 10.00 Å². The van der Waals surface area contributed by atoms with E-state index in [0.717, 1.165) is 12.8 Å². The second-order valence-electron chi connectivity index (χ2n) is 6.06. The average Bonchev–Trinajstić information content (AvgIpc) is 3.01. The van der Waals surface area contributed by atoms with Crippen molar-refractivity contribution in [3.05, 3.63) is 29.8 Å². The fraction of sp³-hybridized carbons (Fsp3) is 0.562. The first-order chi connectivity index (χ1) is 11.0. The standard InChI is InChI=1S/C16H20N2O4S/c17-10-12-3-1-4-13(9-12)23(20,21)18-7-8-22-11-15(18)14-5-2-6-16(14)19/h1,3-4,9,14-16,19H,2,5-8,11H2/t14-,15-,16-/m1/s1. The number of morpholine rings is 1. The molecule has 7 heteroatoms. The Morgan fingerprint density at radius 3 is 2.87 bits per heavy atom. The summed E-state index contributed by atoms with van der Waals surface area (Å²) in [6.45, 7) is 0.919. The highest BCUT2D eigenvalue weighted by Gasteiger charge is 2.42. The number of ether oxygens (including phenoxy) is 1. The van der Waals surface area contributed by atoms with Crippen LogP contribution >= 0.6 is 0 Å². The van der Waals surface area contributed by atoms with Crippen molar-refractivity contribution in [2.45, 2.75) is 36.3 Å². The fourth-order valence-corrected chi connectivity index (χ4v) is 5.21. The van der Waals surface area contributed by atoms with E-state index >= 15 is 0 Å². The number of aliphatic hydroxyl groups is 1. The zero-order chi connectivity index (χ0) is 16.4. The largest absolute Gasteiger partial charge is 0.393 e. The zero-order valence-electron chi connectivity index (χ0n) is 12.8. The van der Waals surface area contributed by atoms with Crippen molar-refractivity contribution in [2.24, 2.45) is 5.92 Å². The number of hydrogen-bond donors (Lipinski definition) is 1. The summed E-state index contributed by atoms with van der Waals surface area (Å²) >= 11 is 0. The average molecular weight is 336 g/mol. The van der Waals surface area contributed by atoms with Crippen LogP contribution in [0, 0.1) is 17.2 Å². The third-order valence-electron chi connectivity index (χ3n) is 4.71. The van der Waals surface area contributed by atoms with E-state index in [9.17, 15) is 13.5 Å². The topological polar surface area (TPSA) is 90.6 Å². The molecule has 6 nitrogen and oxygen atoms in total. The molecule has 124 valence electrons. The second kappa shape index (κ2) is 6.57. The van der Waals surface area contributed by atoms with Crippen molar-refractivity contribution in [3.63, 3.8) is 0 Å². The number of rotatable bonds is 3. The third-order valence-corrected chi connectivity index (χ3v) is 6.63. The molecular formula is C16H20N2O4S. The van der Waals surface area contributed by atoms with Gasteiger partial charge in [-0.25, -0.2) is 8.42 Å². The predicted octanol–water partition coefficient (Wildman–Crippen LogP) is 1.11. The first kappa shape index (κ1) is 16.4. The molecule has 0 amide bonds. The maximum Gasteiger partial charge on any atom is 0.243 e. The van der Waals surface area contributed by atoms with Gasteiger partial charge in [-0.15, -0.1) is 0 Å². The summed E-state index contributed by atoms with van der Waals surface area (Å²) in [6.07, 6.45) is 1.93. The highest BCUT2D eigenvalue weighted by atomic mass is 32.2. The molecule has 1 aliphatic carbocycles. The normalized spacial score (nSPS) is 29.3. The summed E-state index contributed by atoms with van der Waals surface area (Å²) in [7, 11) is -3.71. The van der Waals surface area contributed by atoms with Gasteiger partial charge in [0.1, 0.15) is 0 Å². The Balaban J connectivity index is 1.94. The summed E-state index contributed by atoms with van der Waals surface area (Å²) in [5.74, 6) is -0.0933. The Labute approximate surface area is 136 Å². The SMILES string of the molecule is N#Cc1cccc(S(=O)(=O)N2CCOC[C@@H]2[C@H]2CCC[C@H]2O)c1. The van der Waals surface area contributed by atoms with Crippen LogP contribution in [0.25, 0.3) is 0 Å². The Kier molecular flexibility index (Phi) is 4.69. The van der Waals surface area contributed by atoms with Crippen LogP contribution in [-0.4, -0.2) is 49.7 Å². The molecule has 1 saturated carbocycles. The van der Waals surface area contributed by atoms with Gasteiger partial charge in [0.05, 0.1) is 41.9 Å². The molecule has 2 aliphatic rings.